The van der Waals surface area contributed by atoms with Crippen LogP contribution in [0, 0.1) is 13.8 Å². The molecule has 0 fully saturated rings. The Hall–Kier alpha value is -1.61. The first-order valence-corrected chi connectivity index (χ1v) is 6.98. The predicted molar refractivity (Wildman–Crippen MR) is 79.2 cm³/mol. The van der Waals surface area contributed by atoms with Gasteiger partial charge >= 0.3 is 0 Å². The maximum atomic E-state index is 4.40. The molecule has 0 radical (unpaired) electrons. The van der Waals surface area contributed by atoms with Crippen molar-refractivity contribution in [1.29, 1.82) is 0 Å². The third-order valence-electron chi connectivity index (χ3n) is 3.34. The highest BCUT2D eigenvalue weighted by atomic mass is 15.3. The van der Waals surface area contributed by atoms with E-state index in [9.17, 15) is 0 Å². The lowest BCUT2D eigenvalue weighted by atomic mass is 10.0. The molecule has 2 rings (SSSR count). The summed E-state index contributed by atoms with van der Waals surface area (Å²) >= 11 is 0. The molecule has 102 valence electrons. The Bertz CT molecular complexity index is 516. The quantitative estimate of drug-likeness (QED) is 0.861. The van der Waals surface area contributed by atoms with Gasteiger partial charge in [0.2, 0.25) is 0 Å². The summed E-state index contributed by atoms with van der Waals surface area (Å²) in [6.07, 6.45) is 5.15. The van der Waals surface area contributed by atoms with Gasteiger partial charge in [0.25, 0.3) is 0 Å². The fourth-order valence-electron chi connectivity index (χ4n) is 2.32. The van der Waals surface area contributed by atoms with E-state index in [1.165, 1.54) is 16.7 Å². The van der Waals surface area contributed by atoms with Gasteiger partial charge in [-0.05, 0) is 43.5 Å². The lowest BCUT2D eigenvalue weighted by Gasteiger charge is -2.21. The molecule has 3 heteroatoms. The van der Waals surface area contributed by atoms with Crippen molar-refractivity contribution in [3.05, 3.63) is 53.3 Å². The second-order valence-electron chi connectivity index (χ2n) is 5.10. The van der Waals surface area contributed by atoms with Gasteiger partial charge in [-0.15, -0.1) is 0 Å². The summed E-state index contributed by atoms with van der Waals surface area (Å²) in [5.74, 6) is 0. The zero-order chi connectivity index (χ0) is 13.7. The third kappa shape index (κ3) is 3.67. The molecule has 1 unspecified atom stereocenters. The van der Waals surface area contributed by atoms with Gasteiger partial charge < -0.3 is 5.32 Å². The molecule has 0 saturated heterocycles. The molecule has 1 N–H and O–H groups in total. The van der Waals surface area contributed by atoms with Crippen LogP contribution in [0.3, 0.4) is 0 Å². The molecule has 0 saturated carbocycles. The van der Waals surface area contributed by atoms with Crippen LogP contribution in [0.15, 0.2) is 36.7 Å². The van der Waals surface area contributed by atoms with Crippen molar-refractivity contribution in [1.82, 2.24) is 15.1 Å². The molecule has 0 aliphatic rings. The summed E-state index contributed by atoms with van der Waals surface area (Å²) in [6, 6.07) is 8.90. The second kappa shape index (κ2) is 6.53. The van der Waals surface area contributed by atoms with Crippen LogP contribution in [0.2, 0.25) is 0 Å². The van der Waals surface area contributed by atoms with Gasteiger partial charge in [-0.3, -0.25) is 4.68 Å². The minimum atomic E-state index is 0.320. The number of hydrogen-bond donors (Lipinski definition) is 1. The van der Waals surface area contributed by atoms with Crippen LogP contribution in [-0.4, -0.2) is 16.3 Å². The molecule has 1 heterocycles. The number of nitrogens with zero attached hydrogens (tertiary/aromatic N) is 2. The van der Waals surface area contributed by atoms with Crippen molar-refractivity contribution >= 4 is 0 Å². The Morgan fingerprint density at radius 1 is 1.26 bits per heavy atom. The normalized spacial score (nSPS) is 12.6. The van der Waals surface area contributed by atoms with Crippen molar-refractivity contribution in [2.45, 2.75) is 39.8 Å². The highest BCUT2D eigenvalue weighted by Crippen LogP contribution is 2.19. The van der Waals surface area contributed by atoms with E-state index in [4.69, 9.17) is 0 Å². The smallest absolute Gasteiger partial charge is 0.0604 e. The van der Waals surface area contributed by atoms with Gasteiger partial charge in [0, 0.05) is 6.20 Å². The summed E-state index contributed by atoms with van der Waals surface area (Å²) in [5.41, 5.74) is 3.91. The van der Waals surface area contributed by atoms with Crippen LogP contribution in [0.25, 0.3) is 0 Å². The monoisotopic (exact) mass is 257 g/mol. The SMILES string of the molecule is CCCNC(Cn1cc(C)cn1)c1ccccc1C. The van der Waals surface area contributed by atoms with Gasteiger partial charge in [-0.1, -0.05) is 31.2 Å². The van der Waals surface area contributed by atoms with Crippen molar-refractivity contribution in [2.24, 2.45) is 0 Å². The molecule has 0 amide bonds. The lowest BCUT2D eigenvalue weighted by molar-refractivity contribution is 0.437. The number of benzene rings is 1. The lowest BCUT2D eigenvalue weighted by Crippen LogP contribution is -2.27. The maximum Gasteiger partial charge on any atom is 0.0604 e. The Morgan fingerprint density at radius 3 is 2.68 bits per heavy atom. The predicted octanol–water partition coefficient (Wildman–Crippen LogP) is 3.24. The van der Waals surface area contributed by atoms with Gasteiger partial charge in [-0.25, -0.2) is 0 Å². The molecule has 1 aromatic carbocycles. The van der Waals surface area contributed by atoms with Crippen LogP contribution in [0.4, 0.5) is 0 Å². The first-order valence-electron chi connectivity index (χ1n) is 6.98. The fraction of sp³-hybridized carbons (Fsp3) is 0.438. The fourth-order valence-corrected chi connectivity index (χ4v) is 2.32. The van der Waals surface area contributed by atoms with E-state index in [0.717, 1.165) is 19.5 Å². The molecular weight excluding hydrogens is 234 g/mol. The minimum absolute atomic E-state index is 0.320. The van der Waals surface area contributed by atoms with E-state index in [0.29, 0.717) is 6.04 Å². The first-order chi connectivity index (χ1) is 9.20. The number of nitrogens with one attached hydrogen (secondary N) is 1. The molecule has 2 aromatic rings. The molecule has 0 aliphatic carbocycles. The van der Waals surface area contributed by atoms with Crippen molar-refractivity contribution in [3.63, 3.8) is 0 Å². The van der Waals surface area contributed by atoms with Crippen LogP contribution < -0.4 is 5.32 Å². The molecule has 0 aliphatic heterocycles. The number of rotatable bonds is 6. The van der Waals surface area contributed by atoms with Gasteiger partial charge in [0.15, 0.2) is 0 Å². The van der Waals surface area contributed by atoms with E-state index < -0.39 is 0 Å². The van der Waals surface area contributed by atoms with Crippen molar-refractivity contribution in [3.8, 4) is 0 Å². The van der Waals surface area contributed by atoms with Crippen molar-refractivity contribution in [2.75, 3.05) is 6.54 Å². The zero-order valence-electron chi connectivity index (χ0n) is 12.1. The summed E-state index contributed by atoms with van der Waals surface area (Å²) in [7, 11) is 0. The number of aryl methyl sites for hydroxylation is 2. The Labute approximate surface area is 115 Å². The average Bonchev–Trinajstić information content (AvgIpc) is 2.81. The van der Waals surface area contributed by atoms with E-state index in [1.54, 1.807) is 0 Å². The minimum Gasteiger partial charge on any atom is -0.308 e. The Balaban J connectivity index is 2.18. The molecule has 19 heavy (non-hydrogen) atoms. The average molecular weight is 257 g/mol. The summed E-state index contributed by atoms with van der Waals surface area (Å²) in [5, 5.41) is 8.02. The summed E-state index contributed by atoms with van der Waals surface area (Å²) < 4.78 is 2.02. The molecule has 0 spiro atoms. The molecule has 1 atom stereocenters. The van der Waals surface area contributed by atoms with E-state index in [1.807, 2.05) is 10.9 Å². The largest absolute Gasteiger partial charge is 0.308 e. The van der Waals surface area contributed by atoms with Gasteiger partial charge in [-0.2, -0.15) is 5.10 Å². The molecule has 0 bridgehead atoms. The third-order valence-corrected chi connectivity index (χ3v) is 3.34. The standard InChI is InChI=1S/C16H23N3/c1-4-9-17-16(12-19-11-13(2)10-18-19)15-8-6-5-7-14(15)3/h5-8,10-11,16-17H,4,9,12H2,1-3H3. The molecular formula is C16H23N3. The first kappa shape index (κ1) is 13.8. The number of aromatic nitrogens is 2. The van der Waals surface area contributed by atoms with Crippen LogP contribution in [0.1, 0.15) is 36.1 Å². The van der Waals surface area contributed by atoms with E-state index in [-0.39, 0.29) is 0 Å². The zero-order valence-corrected chi connectivity index (χ0v) is 12.1. The highest BCUT2D eigenvalue weighted by molar-refractivity contribution is 5.28. The topological polar surface area (TPSA) is 29.9 Å². The Morgan fingerprint density at radius 2 is 2.05 bits per heavy atom. The second-order valence-corrected chi connectivity index (χ2v) is 5.10. The number of hydrogen-bond acceptors (Lipinski definition) is 2. The summed E-state index contributed by atoms with van der Waals surface area (Å²) in [4.78, 5) is 0. The molecule has 3 nitrogen and oxygen atoms in total. The van der Waals surface area contributed by atoms with Crippen LogP contribution in [0.5, 0.6) is 0 Å². The van der Waals surface area contributed by atoms with E-state index >= 15 is 0 Å². The van der Waals surface area contributed by atoms with E-state index in [2.05, 4.69) is 61.6 Å². The maximum absolute atomic E-state index is 4.40. The van der Waals surface area contributed by atoms with Crippen LogP contribution in [-0.2, 0) is 6.54 Å². The summed E-state index contributed by atoms with van der Waals surface area (Å²) in [6.45, 7) is 8.34. The van der Waals surface area contributed by atoms with Crippen LogP contribution >= 0.6 is 0 Å². The van der Waals surface area contributed by atoms with Gasteiger partial charge in [0.05, 0.1) is 18.8 Å². The van der Waals surface area contributed by atoms with Gasteiger partial charge in [0.1, 0.15) is 0 Å². The molecule has 1 aromatic heterocycles. The Kier molecular flexibility index (Phi) is 4.74. The highest BCUT2D eigenvalue weighted by Gasteiger charge is 2.13. The van der Waals surface area contributed by atoms with Crippen molar-refractivity contribution < 1.29 is 0 Å².